The van der Waals surface area contributed by atoms with Crippen molar-refractivity contribution in [2.45, 2.75) is 6.54 Å². The molecule has 0 aliphatic rings. The van der Waals surface area contributed by atoms with Gasteiger partial charge in [0.25, 0.3) is 5.91 Å². The average Bonchev–Trinajstić information content (AvgIpc) is 3.34. The Bertz CT molecular complexity index is 1240. The summed E-state index contributed by atoms with van der Waals surface area (Å²) in [4.78, 5) is 41.4. The maximum atomic E-state index is 12.8. The summed E-state index contributed by atoms with van der Waals surface area (Å²) < 4.78 is 5.09. The van der Waals surface area contributed by atoms with E-state index in [0.717, 1.165) is 5.56 Å². The lowest BCUT2D eigenvalue weighted by Crippen LogP contribution is -2.48. The first-order chi connectivity index (χ1) is 15.1. The van der Waals surface area contributed by atoms with E-state index in [1.54, 1.807) is 36.4 Å². The number of para-hydroxylation sites is 1. The molecular weight excluding hydrogens is 396 g/mol. The normalized spacial score (nSPS) is 10.5. The van der Waals surface area contributed by atoms with Crippen molar-refractivity contribution in [2.24, 2.45) is 0 Å². The van der Waals surface area contributed by atoms with Crippen LogP contribution in [0.1, 0.15) is 16.1 Å². The Morgan fingerprint density at radius 2 is 1.61 bits per heavy atom. The van der Waals surface area contributed by atoms with Gasteiger partial charge in [-0.05, 0) is 24.3 Å². The maximum Gasteiger partial charge on any atom is 0.327 e. The van der Waals surface area contributed by atoms with E-state index in [-0.39, 0.29) is 6.54 Å². The molecule has 0 fully saturated rings. The second kappa shape index (κ2) is 8.91. The van der Waals surface area contributed by atoms with Crippen molar-refractivity contribution in [2.75, 3.05) is 0 Å². The molecule has 4 rings (SSSR count). The number of amides is 3. The van der Waals surface area contributed by atoms with Gasteiger partial charge in [0.2, 0.25) is 0 Å². The lowest BCUT2D eigenvalue weighted by molar-refractivity contribution is -0.139. The number of nitrogens with one attached hydrogen (secondary N) is 3. The van der Waals surface area contributed by atoms with Crippen molar-refractivity contribution in [3.63, 3.8) is 0 Å². The SMILES string of the molecule is O=C(NCc1ccco1)C(=O)NNC(=O)c1cc(-c2ccccc2)nc2ccccc12. The molecule has 0 spiro atoms. The highest BCUT2D eigenvalue weighted by atomic mass is 16.3. The van der Waals surface area contributed by atoms with Gasteiger partial charge in [0.05, 0.1) is 29.6 Å². The molecule has 154 valence electrons. The largest absolute Gasteiger partial charge is 0.467 e. The van der Waals surface area contributed by atoms with Crippen LogP contribution in [0.25, 0.3) is 22.2 Å². The molecule has 0 aliphatic carbocycles. The van der Waals surface area contributed by atoms with Crippen LogP contribution >= 0.6 is 0 Å². The van der Waals surface area contributed by atoms with E-state index in [0.29, 0.717) is 27.9 Å². The summed E-state index contributed by atoms with van der Waals surface area (Å²) in [7, 11) is 0. The number of fused-ring (bicyclic) bond motifs is 1. The molecule has 8 heteroatoms. The molecule has 0 unspecified atom stereocenters. The molecule has 2 heterocycles. The quantitative estimate of drug-likeness (QED) is 0.351. The molecule has 3 amide bonds. The summed E-state index contributed by atoms with van der Waals surface area (Å²) in [6, 6.07) is 21.6. The molecule has 0 saturated heterocycles. The number of hydrogen-bond acceptors (Lipinski definition) is 5. The summed E-state index contributed by atoms with van der Waals surface area (Å²) >= 11 is 0. The van der Waals surface area contributed by atoms with Crippen LogP contribution in [0, 0.1) is 0 Å². The monoisotopic (exact) mass is 414 g/mol. The third kappa shape index (κ3) is 4.59. The van der Waals surface area contributed by atoms with Gasteiger partial charge >= 0.3 is 11.8 Å². The van der Waals surface area contributed by atoms with Crippen molar-refractivity contribution >= 4 is 28.6 Å². The zero-order chi connectivity index (χ0) is 21.6. The van der Waals surface area contributed by atoms with Gasteiger partial charge in [0.15, 0.2) is 0 Å². The number of carbonyl (C=O) groups is 3. The summed E-state index contributed by atoms with van der Waals surface area (Å²) in [5, 5.41) is 3.02. The van der Waals surface area contributed by atoms with Gasteiger partial charge in [0, 0.05) is 10.9 Å². The van der Waals surface area contributed by atoms with Crippen molar-refractivity contribution in [3.8, 4) is 11.3 Å². The average molecular weight is 414 g/mol. The van der Waals surface area contributed by atoms with Crippen LogP contribution in [0.5, 0.6) is 0 Å². The number of rotatable bonds is 4. The molecule has 4 aromatic rings. The molecule has 31 heavy (non-hydrogen) atoms. The van der Waals surface area contributed by atoms with Gasteiger partial charge in [-0.15, -0.1) is 0 Å². The first-order valence-corrected chi connectivity index (χ1v) is 9.48. The molecule has 0 radical (unpaired) electrons. The van der Waals surface area contributed by atoms with Gasteiger partial charge in [-0.3, -0.25) is 25.2 Å². The Labute approximate surface area is 177 Å². The van der Waals surface area contributed by atoms with Crippen LogP contribution in [0.15, 0.2) is 83.5 Å². The Kier molecular flexibility index (Phi) is 5.70. The standard InChI is InChI=1S/C23H18N4O4/c28-21(26-27-23(30)22(29)24-14-16-9-6-12-31-16)18-13-20(15-7-2-1-3-8-15)25-19-11-5-4-10-17(18)19/h1-13H,14H2,(H,24,29)(H,26,28)(H,27,30). The first-order valence-electron chi connectivity index (χ1n) is 9.48. The second-order valence-electron chi connectivity index (χ2n) is 6.61. The van der Waals surface area contributed by atoms with E-state index < -0.39 is 17.7 Å². The van der Waals surface area contributed by atoms with Crippen molar-refractivity contribution in [1.82, 2.24) is 21.2 Å². The van der Waals surface area contributed by atoms with Gasteiger partial charge < -0.3 is 9.73 Å². The van der Waals surface area contributed by atoms with Crippen LogP contribution in [0.2, 0.25) is 0 Å². The highest BCUT2D eigenvalue weighted by Gasteiger charge is 2.17. The van der Waals surface area contributed by atoms with E-state index in [1.165, 1.54) is 6.26 Å². The van der Waals surface area contributed by atoms with Crippen molar-refractivity contribution < 1.29 is 18.8 Å². The molecule has 0 saturated carbocycles. The number of hydrogen-bond donors (Lipinski definition) is 3. The highest BCUT2D eigenvalue weighted by molar-refractivity contribution is 6.35. The van der Waals surface area contributed by atoms with E-state index in [9.17, 15) is 14.4 Å². The van der Waals surface area contributed by atoms with E-state index in [2.05, 4.69) is 21.2 Å². The van der Waals surface area contributed by atoms with Crippen LogP contribution in [0.3, 0.4) is 0 Å². The van der Waals surface area contributed by atoms with E-state index >= 15 is 0 Å². The molecule has 0 atom stereocenters. The van der Waals surface area contributed by atoms with E-state index in [1.807, 2.05) is 36.4 Å². The van der Waals surface area contributed by atoms with Gasteiger partial charge in [-0.2, -0.15) is 0 Å². The molecule has 8 nitrogen and oxygen atoms in total. The summed E-state index contributed by atoms with van der Waals surface area (Å²) in [6.45, 7) is 0.0582. The Balaban J connectivity index is 1.49. The lowest BCUT2D eigenvalue weighted by Gasteiger charge is -2.11. The Morgan fingerprint density at radius 3 is 2.39 bits per heavy atom. The number of hydrazine groups is 1. The predicted octanol–water partition coefficient (Wildman–Crippen LogP) is 2.57. The minimum Gasteiger partial charge on any atom is -0.467 e. The summed E-state index contributed by atoms with van der Waals surface area (Å²) in [5.74, 6) is -1.97. The molecule has 3 N–H and O–H groups in total. The zero-order valence-electron chi connectivity index (χ0n) is 16.3. The third-order valence-corrected chi connectivity index (χ3v) is 4.53. The topological polar surface area (TPSA) is 113 Å². The number of aromatic nitrogens is 1. The Hall–Kier alpha value is -4.46. The van der Waals surface area contributed by atoms with Crippen molar-refractivity contribution in [1.29, 1.82) is 0 Å². The third-order valence-electron chi connectivity index (χ3n) is 4.53. The number of nitrogens with zero attached hydrogens (tertiary/aromatic N) is 1. The van der Waals surface area contributed by atoms with Gasteiger partial charge in [-0.1, -0.05) is 48.5 Å². The van der Waals surface area contributed by atoms with Crippen LogP contribution in [-0.2, 0) is 16.1 Å². The smallest absolute Gasteiger partial charge is 0.327 e. The van der Waals surface area contributed by atoms with Crippen LogP contribution < -0.4 is 16.2 Å². The zero-order valence-corrected chi connectivity index (χ0v) is 16.3. The number of pyridine rings is 1. The number of benzene rings is 2. The fourth-order valence-corrected chi connectivity index (χ4v) is 3.02. The van der Waals surface area contributed by atoms with Gasteiger partial charge in [0.1, 0.15) is 5.76 Å². The Morgan fingerprint density at radius 1 is 0.839 bits per heavy atom. The summed E-state index contributed by atoms with van der Waals surface area (Å²) in [5.41, 5.74) is 6.85. The van der Waals surface area contributed by atoms with Crippen LogP contribution in [-0.4, -0.2) is 22.7 Å². The molecule has 0 bridgehead atoms. The first kappa shape index (κ1) is 19.8. The van der Waals surface area contributed by atoms with Crippen molar-refractivity contribution in [3.05, 3.63) is 90.4 Å². The van der Waals surface area contributed by atoms with Crippen LogP contribution in [0.4, 0.5) is 0 Å². The van der Waals surface area contributed by atoms with E-state index in [4.69, 9.17) is 4.42 Å². The minimum atomic E-state index is -0.999. The highest BCUT2D eigenvalue weighted by Crippen LogP contribution is 2.24. The fourth-order valence-electron chi connectivity index (χ4n) is 3.02. The predicted molar refractivity (Wildman–Crippen MR) is 113 cm³/mol. The van der Waals surface area contributed by atoms with Gasteiger partial charge in [-0.25, -0.2) is 4.98 Å². The minimum absolute atomic E-state index is 0.0582. The molecular formula is C23H18N4O4. The molecule has 2 aromatic heterocycles. The summed E-state index contributed by atoms with van der Waals surface area (Å²) in [6.07, 6.45) is 1.46. The molecule has 0 aliphatic heterocycles. The maximum absolute atomic E-state index is 12.8. The molecule has 2 aromatic carbocycles. The lowest BCUT2D eigenvalue weighted by atomic mass is 10.0. The number of carbonyl (C=O) groups excluding carboxylic acids is 3. The fraction of sp³-hybridized carbons (Fsp3) is 0.0435. The second-order valence-corrected chi connectivity index (χ2v) is 6.61. The number of furan rings is 1.